The van der Waals surface area contributed by atoms with Gasteiger partial charge < -0.3 is 52.3 Å². The van der Waals surface area contributed by atoms with E-state index in [0.29, 0.717) is 50.3 Å². The zero-order valence-corrected chi connectivity index (χ0v) is 42.0. The normalized spacial score (nSPS) is 21.6. The molecule has 0 spiro atoms. The average molecular weight is 989 g/mol. The van der Waals surface area contributed by atoms with Crippen LogP contribution in [0.5, 0.6) is 5.75 Å². The maximum Gasteiger partial charge on any atom is 0.431 e. The Morgan fingerprint density at radius 1 is 0.873 bits per heavy atom. The van der Waals surface area contributed by atoms with Crippen LogP contribution in [0, 0.1) is 0 Å². The molecule has 5 heterocycles. The van der Waals surface area contributed by atoms with Gasteiger partial charge >= 0.3 is 40.7 Å². The zero-order valence-electron chi connectivity index (χ0n) is 41.1. The number of para-hydroxylation sites is 1. The topological polar surface area (TPSA) is 179 Å². The number of nitrogens with zero attached hydrogens (tertiary/aromatic N) is 5. The minimum atomic E-state index is -4.08. The van der Waals surface area contributed by atoms with E-state index in [1.54, 1.807) is 41.7 Å². The SMILES string of the molecule is CCCCOC(=O)[C@H](C)OP(=O)(COCCCN1C(=O)N(Cc2ccc3c(c2)c(N(B2CO2)B2CO2)nn3B(C)O)[C@H](Cc2ccccc2)[C@@H]2OC(C)(C)O[C@H]2[C@H]1Cc1ccccc1)Oc1ccccc1. The maximum absolute atomic E-state index is 15.9. The van der Waals surface area contributed by atoms with Crippen molar-refractivity contribution in [1.29, 1.82) is 0 Å². The van der Waals surface area contributed by atoms with Gasteiger partial charge in [-0.2, -0.15) is 5.10 Å². The van der Waals surface area contributed by atoms with Crippen molar-refractivity contribution < 1.29 is 56.5 Å². The first-order valence-electron chi connectivity index (χ1n) is 24.8. The largest absolute Gasteiger partial charge is 0.464 e. The molecule has 1 N–H and O–H groups in total. The molecule has 374 valence electrons. The molecule has 17 nitrogen and oxygen atoms in total. The number of esters is 1. The predicted molar refractivity (Wildman–Crippen MR) is 271 cm³/mol. The van der Waals surface area contributed by atoms with Gasteiger partial charge in [0.25, 0.3) is 0 Å². The lowest BCUT2D eigenvalue weighted by atomic mass is 9.76. The van der Waals surface area contributed by atoms with Crippen LogP contribution in [0.15, 0.2) is 109 Å². The second kappa shape index (κ2) is 22.3. The molecule has 5 aromatic rings. The third-order valence-electron chi connectivity index (χ3n) is 13.1. The molecule has 2 amide bonds. The summed E-state index contributed by atoms with van der Waals surface area (Å²) < 4.78 is 66.5. The van der Waals surface area contributed by atoms with Crippen LogP contribution in [-0.2, 0) is 61.5 Å². The molecule has 0 saturated carbocycles. The van der Waals surface area contributed by atoms with Crippen molar-refractivity contribution in [2.75, 3.05) is 43.8 Å². The number of amides is 2. The maximum atomic E-state index is 15.9. The number of anilines is 1. The van der Waals surface area contributed by atoms with Gasteiger partial charge in [0.15, 0.2) is 18.2 Å². The van der Waals surface area contributed by atoms with Crippen LogP contribution in [0.2, 0.25) is 6.82 Å². The number of carbonyl (C=O) groups excluding carboxylic acids is 2. The number of hydrogen-bond acceptors (Lipinski definition) is 14. The quantitative estimate of drug-likeness (QED) is 0.0214. The van der Waals surface area contributed by atoms with Crippen molar-refractivity contribution in [2.45, 2.75) is 109 Å². The fourth-order valence-electron chi connectivity index (χ4n) is 9.59. The van der Waals surface area contributed by atoms with Crippen molar-refractivity contribution in [3.8, 4) is 5.75 Å². The van der Waals surface area contributed by atoms with Gasteiger partial charge in [-0.25, -0.2) is 14.2 Å². The van der Waals surface area contributed by atoms with Crippen LogP contribution in [0.1, 0.15) is 63.6 Å². The molecular formula is C50H63B3N5O12P. The standard InChI is InChI=1S/C50H63B3N5O12P/c1-6-7-28-64-48(59)36(2)69-71(62,70-40-22-15-10-16-23-40)35-63-27-17-26-55-43(30-37-18-11-8-12-19-37)45-46(68-50(3,4)67-45)44(31-38-20-13-9-14-21-38)56(49(55)60)32-39-24-25-42-41(29-39)47(54-58(42)51(5)61)57(52-33-65-52)53-34-66-53/h8-16,18-25,29,36,43-46,61H,6-7,17,26-28,30-35H2,1-5H3/t36-,43+,44+,45-,46-,71?/m0/s1. The van der Waals surface area contributed by atoms with E-state index in [-0.39, 0.29) is 46.4 Å². The fraction of sp³-hybridized carbons (Fsp3) is 0.460. The van der Waals surface area contributed by atoms with Crippen LogP contribution in [0.3, 0.4) is 0 Å². The summed E-state index contributed by atoms with van der Waals surface area (Å²) in [4.78, 5) is 32.5. The molecule has 4 fully saturated rings. The highest BCUT2D eigenvalue weighted by Gasteiger charge is 2.56. The second-order valence-electron chi connectivity index (χ2n) is 19.1. The number of fused-ring (bicyclic) bond motifs is 2. The molecule has 0 aliphatic carbocycles. The first-order valence-corrected chi connectivity index (χ1v) is 26.5. The highest BCUT2D eigenvalue weighted by molar-refractivity contribution is 7.54. The van der Waals surface area contributed by atoms with Gasteiger partial charge in [0.1, 0.15) is 23.8 Å². The Morgan fingerprint density at radius 2 is 1.46 bits per heavy atom. The molecule has 4 aromatic carbocycles. The van der Waals surface area contributed by atoms with Crippen LogP contribution in [0.25, 0.3) is 10.9 Å². The Labute approximate surface area is 416 Å². The Hall–Kier alpha value is -5.17. The molecule has 9 rings (SSSR count). The molecule has 4 saturated heterocycles. The van der Waals surface area contributed by atoms with Crippen molar-refractivity contribution in [2.24, 2.45) is 0 Å². The molecule has 0 bridgehead atoms. The van der Waals surface area contributed by atoms with E-state index in [0.717, 1.165) is 34.0 Å². The van der Waals surface area contributed by atoms with Crippen LogP contribution in [-0.4, -0.2) is 133 Å². The van der Waals surface area contributed by atoms with E-state index >= 15 is 4.79 Å². The lowest BCUT2D eigenvalue weighted by Crippen LogP contribution is -2.52. The minimum Gasteiger partial charge on any atom is -0.464 e. The van der Waals surface area contributed by atoms with Gasteiger partial charge in [-0.15, -0.1) is 0 Å². The first kappa shape index (κ1) is 50.8. The summed E-state index contributed by atoms with van der Waals surface area (Å²) in [7, 11) is -5.36. The van der Waals surface area contributed by atoms with Crippen molar-refractivity contribution >= 4 is 57.5 Å². The minimum absolute atomic E-state index is 0.0751. The average Bonchev–Trinajstić information content (AvgIpc) is 4.31. The van der Waals surface area contributed by atoms with E-state index in [9.17, 15) is 14.4 Å². The lowest BCUT2D eigenvalue weighted by Gasteiger charge is -2.37. The molecule has 4 aliphatic heterocycles. The summed E-state index contributed by atoms with van der Waals surface area (Å²) in [5.41, 5.74) is 3.65. The third kappa shape index (κ3) is 12.4. The van der Waals surface area contributed by atoms with Gasteiger partial charge in [-0.3, -0.25) is 9.12 Å². The van der Waals surface area contributed by atoms with Crippen LogP contribution in [0.4, 0.5) is 10.6 Å². The molecular weight excluding hydrogens is 926 g/mol. The van der Waals surface area contributed by atoms with E-state index in [1.165, 1.54) is 6.92 Å². The van der Waals surface area contributed by atoms with Gasteiger partial charge in [-0.05, 0) is 94.2 Å². The molecule has 1 aromatic heterocycles. The Morgan fingerprint density at radius 3 is 2.04 bits per heavy atom. The van der Waals surface area contributed by atoms with E-state index < -0.39 is 63.1 Å². The first-order chi connectivity index (χ1) is 34.3. The Bertz CT molecular complexity index is 2620. The van der Waals surface area contributed by atoms with Gasteiger partial charge in [0.2, 0.25) is 0 Å². The van der Waals surface area contributed by atoms with Crippen LogP contribution >= 0.6 is 7.60 Å². The highest BCUT2D eigenvalue weighted by Crippen LogP contribution is 2.50. The third-order valence-corrected chi connectivity index (χ3v) is 14.7. The number of rotatable bonds is 24. The summed E-state index contributed by atoms with van der Waals surface area (Å²) >= 11 is 0. The van der Waals surface area contributed by atoms with Gasteiger partial charge in [0, 0.05) is 25.1 Å². The number of urea groups is 1. The molecule has 6 atom stereocenters. The predicted octanol–water partition coefficient (Wildman–Crippen LogP) is 7.28. The van der Waals surface area contributed by atoms with E-state index in [1.807, 2.05) is 89.9 Å². The highest BCUT2D eigenvalue weighted by atomic mass is 31.2. The van der Waals surface area contributed by atoms with Gasteiger partial charge in [-0.1, -0.05) is 98.3 Å². The molecule has 71 heavy (non-hydrogen) atoms. The van der Waals surface area contributed by atoms with E-state index in [4.69, 9.17) is 42.4 Å². The van der Waals surface area contributed by atoms with E-state index in [2.05, 4.69) is 24.3 Å². The summed E-state index contributed by atoms with van der Waals surface area (Å²) in [5, 5.41) is 16.5. The van der Waals surface area contributed by atoms with Gasteiger partial charge in [0.05, 0.1) is 37.2 Å². The molecule has 1 unspecified atom stereocenters. The molecule has 21 heteroatoms. The smallest absolute Gasteiger partial charge is 0.431 e. The number of carbonyl (C=O) groups is 2. The second-order valence-corrected chi connectivity index (χ2v) is 21.0. The number of ether oxygens (including phenoxy) is 4. The van der Waals surface area contributed by atoms with Crippen molar-refractivity contribution in [3.05, 3.63) is 126 Å². The zero-order chi connectivity index (χ0) is 49.7. The number of benzene rings is 4. The summed E-state index contributed by atoms with van der Waals surface area (Å²) in [6.45, 7) is 10.8. The molecule has 4 aliphatic rings. The summed E-state index contributed by atoms with van der Waals surface area (Å²) in [6.07, 6.45) is 0.133. The lowest BCUT2D eigenvalue weighted by molar-refractivity contribution is -0.157. The van der Waals surface area contributed by atoms with Crippen LogP contribution < -0.4 is 9.25 Å². The Balaban J connectivity index is 1.03. The summed E-state index contributed by atoms with van der Waals surface area (Å²) in [5.74, 6) is -0.681. The number of unbranched alkanes of at least 4 members (excludes halogenated alkanes) is 1. The summed E-state index contributed by atoms with van der Waals surface area (Å²) in [6, 6.07) is 33.6. The Kier molecular flexibility index (Phi) is 15.9. The number of hydrogen-bond donors (Lipinski definition) is 1. The molecule has 0 radical (unpaired) electrons. The van der Waals surface area contributed by atoms with Crippen molar-refractivity contribution in [1.82, 2.24) is 19.5 Å². The number of aromatic nitrogens is 2. The monoisotopic (exact) mass is 989 g/mol. The fourth-order valence-corrected chi connectivity index (χ4v) is 11.1. The van der Waals surface area contributed by atoms with Crippen molar-refractivity contribution in [3.63, 3.8) is 0 Å².